The lowest BCUT2D eigenvalue weighted by atomic mass is 10.1. The number of carbonyl (C=O) groups is 1. The molecule has 2 aromatic rings. The van der Waals surface area contributed by atoms with E-state index < -0.39 is 11.8 Å². The molecule has 0 unspecified atom stereocenters. The van der Waals surface area contributed by atoms with Gasteiger partial charge in [-0.2, -0.15) is 0 Å². The van der Waals surface area contributed by atoms with E-state index in [1.54, 1.807) is 12.3 Å². The Labute approximate surface area is 122 Å². The second-order valence-electron chi connectivity index (χ2n) is 4.77. The van der Waals surface area contributed by atoms with Gasteiger partial charge in [0.1, 0.15) is 11.6 Å². The summed E-state index contributed by atoms with van der Waals surface area (Å²) >= 11 is 0. The molecule has 0 amide bonds. The van der Waals surface area contributed by atoms with Crippen LogP contribution >= 0.6 is 0 Å². The van der Waals surface area contributed by atoms with E-state index in [2.05, 4.69) is 0 Å². The molecule has 110 valence electrons. The Morgan fingerprint density at radius 2 is 2.19 bits per heavy atom. The zero-order valence-electron chi connectivity index (χ0n) is 11.6. The lowest BCUT2D eigenvalue weighted by Crippen LogP contribution is -2.17. The summed E-state index contributed by atoms with van der Waals surface area (Å²) in [5.41, 5.74) is 1.41. The van der Waals surface area contributed by atoms with Gasteiger partial charge in [0.25, 0.3) is 0 Å². The maximum absolute atomic E-state index is 13.3. The fourth-order valence-corrected chi connectivity index (χ4v) is 2.04. The van der Waals surface area contributed by atoms with Gasteiger partial charge in [-0.25, -0.2) is 9.18 Å². The van der Waals surface area contributed by atoms with Crippen LogP contribution in [0.25, 0.3) is 6.08 Å². The molecule has 4 nitrogen and oxygen atoms in total. The predicted molar refractivity (Wildman–Crippen MR) is 76.9 cm³/mol. The first-order chi connectivity index (χ1) is 10.0. The number of halogens is 1. The van der Waals surface area contributed by atoms with Gasteiger partial charge in [0.05, 0.1) is 12.8 Å². The third-order valence-electron chi connectivity index (χ3n) is 2.96. The molecule has 0 aliphatic carbocycles. The number of furan rings is 1. The van der Waals surface area contributed by atoms with E-state index >= 15 is 0 Å². The summed E-state index contributed by atoms with van der Waals surface area (Å²) in [6.07, 6.45) is 4.02. The van der Waals surface area contributed by atoms with Gasteiger partial charge in [-0.3, -0.25) is 4.90 Å². The van der Waals surface area contributed by atoms with Crippen LogP contribution in [-0.4, -0.2) is 23.0 Å². The third kappa shape index (κ3) is 4.57. The second kappa shape index (κ2) is 6.85. The zero-order chi connectivity index (χ0) is 15.2. The minimum atomic E-state index is -1.06. The summed E-state index contributed by atoms with van der Waals surface area (Å²) in [5.74, 6) is -0.617. The monoisotopic (exact) mass is 289 g/mol. The minimum absolute atomic E-state index is 0.391. The zero-order valence-corrected chi connectivity index (χ0v) is 11.6. The minimum Gasteiger partial charge on any atom is -0.478 e. The smallest absolute Gasteiger partial charge is 0.328 e. The lowest BCUT2D eigenvalue weighted by Gasteiger charge is -2.17. The highest BCUT2D eigenvalue weighted by molar-refractivity contribution is 5.85. The van der Waals surface area contributed by atoms with Crippen LogP contribution < -0.4 is 0 Å². The topological polar surface area (TPSA) is 53.7 Å². The number of carboxylic acid groups (broad SMARTS) is 1. The Balaban J connectivity index is 2.13. The van der Waals surface area contributed by atoms with E-state index in [-0.39, 0.29) is 0 Å². The average molecular weight is 289 g/mol. The summed E-state index contributed by atoms with van der Waals surface area (Å²) in [6, 6.07) is 8.06. The Morgan fingerprint density at radius 1 is 1.38 bits per heavy atom. The molecule has 1 aromatic carbocycles. The lowest BCUT2D eigenvalue weighted by molar-refractivity contribution is -0.131. The summed E-state index contributed by atoms with van der Waals surface area (Å²) in [4.78, 5) is 12.6. The van der Waals surface area contributed by atoms with Crippen LogP contribution in [0, 0.1) is 5.82 Å². The molecule has 5 heteroatoms. The number of nitrogens with zero attached hydrogens (tertiary/aromatic N) is 1. The van der Waals surface area contributed by atoms with Gasteiger partial charge in [0.15, 0.2) is 0 Å². The van der Waals surface area contributed by atoms with E-state index in [0.717, 1.165) is 17.4 Å². The Morgan fingerprint density at radius 3 is 2.86 bits per heavy atom. The molecular formula is C16H16FNO3. The highest BCUT2D eigenvalue weighted by Crippen LogP contribution is 2.16. The van der Waals surface area contributed by atoms with Gasteiger partial charge in [0, 0.05) is 12.6 Å². The average Bonchev–Trinajstić information content (AvgIpc) is 2.91. The van der Waals surface area contributed by atoms with Gasteiger partial charge in [-0.05, 0) is 48.5 Å². The van der Waals surface area contributed by atoms with Gasteiger partial charge < -0.3 is 9.52 Å². The van der Waals surface area contributed by atoms with E-state index in [9.17, 15) is 9.18 Å². The van der Waals surface area contributed by atoms with Crippen molar-refractivity contribution >= 4 is 12.0 Å². The highest BCUT2D eigenvalue weighted by atomic mass is 19.1. The van der Waals surface area contributed by atoms with Crippen LogP contribution in [0.1, 0.15) is 16.9 Å². The number of aliphatic carboxylic acids is 1. The van der Waals surface area contributed by atoms with Crippen molar-refractivity contribution in [3.8, 4) is 0 Å². The molecule has 0 aliphatic heterocycles. The first-order valence-corrected chi connectivity index (χ1v) is 6.45. The molecule has 0 bridgehead atoms. The summed E-state index contributed by atoms with van der Waals surface area (Å²) < 4.78 is 18.6. The van der Waals surface area contributed by atoms with Crippen molar-refractivity contribution in [1.29, 1.82) is 0 Å². The maximum atomic E-state index is 13.3. The van der Waals surface area contributed by atoms with Crippen molar-refractivity contribution in [3.05, 3.63) is 65.4 Å². The summed E-state index contributed by atoms with van der Waals surface area (Å²) in [5, 5.41) is 8.68. The van der Waals surface area contributed by atoms with Gasteiger partial charge in [0.2, 0.25) is 0 Å². The van der Waals surface area contributed by atoms with E-state index in [0.29, 0.717) is 18.7 Å². The van der Waals surface area contributed by atoms with Crippen molar-refractivity contribution in [2.24, 2.45) is 0 Å². The van der Waals surface area contributed by atoms with E-state index in [1.807, 2.05) is 24.1 Å². The van der Waals surface area contributed by atoms with Crippen LogP contribution in [0.15, 0.2) is 47.1 Å². The first kappa shape index (κ1) is 15.0. The van der Waals surface area contributed by atoms with Crippen molar-refractivity contribution in [2.75, 3.05) is 7.05 Å². The molecule has 1 aromatic heterocycles. The Hall–Kier alpha value is -2.40. The molecule has 0 spiro atoms. The first-order valence-electron chi connectivity index (χ1n) is 6.45. The summed E-state index contributed by atoms with van der Waals surface area (Å²) in [6.45, 7) is 1.17. The molecule has 0 fully saturated rings. The van der Waals surface area contributed by atoms with Gasteiger partial charge >= 0.3 is 5.97 Å². The molecule has 2 rings (SSSR count). The normalized spacial score (nSPS) is 11.4. The Kier molecular flexibility index (Phi) is 4.90. The van der Waals surface area contributed by atoms with Crippen LogP contribution in [-0.2, 0) is 17.9 Å². The fraction of sp³-hybridized carbons (Fsp3) is 0.188. The summed E-state index contributed by atoms with van der Waals surface area (Å²) in [7, 11) is 1.91. The number of benzene rings is 1. The molecule has 0 atom stereocenters. The number of hydrogen-bond acceptors (Lipinski definition) is 3. The standard InChI is InChI=1S/C16H16FNO3/c1-18(11-15-3-2-8-21-15)10-13-4-6-14(17)9-12(13)5-7-16(19)20/h2-9H,10-11H2,1H3,(H,19,20). The van der Waals surface area contributed by atoms with Crippen LogP contribution in [0.5, 0.6) is 0 Å². The van der Waals surface area contributed by atoms with Crippen LogP contribution in [0.4, 0.5) is 4.39 Å². The fourth-order valence-electron chi connectivity index (χ4n) is 2.04. The van der Waals surface area contributed by atoms with Crippen molar-refractivity contribution in [3.63, 3.8) is 0 Å². The van der Waals surface area contributed by atoms with Gasteiger partial charge in [-0.1, -0.05) is 6.07 Å². The highest BCUT2D eigenvalue weighted by Gasteiger charge is 2.08. The molecule has 0 radical (unpaired) electrons. The van der Waals surface area contributed by atoms with Crippen molar-refractivity contribution in [2.45, 2.75) is 13.1 Å². The van der Waals surface area contributed by atoms with Crippen molar-refractivity contribution < 1.29 is 18.7 Å². The quantitative estimate of drug-likeness (QED) is 0.830. The van der Waals surface area contributed by atoms with Gasteiger partial charge in [-0.15, -0.1) is 0 Å². The second-order valence-corrected chi connectivity index (χ2v) is 4.77. The number of carboxylic acids is 1. The molecule has 0 saturated carbocycles. The SMILES string of the molecule is CN(Cc1ccco1)Cc1ccc(F)cc1C=CC(=O)O. The predicted octanol–water partition coefficient (Wildman–Crippen LogP) is 3.15. The van der Waals surface area contributed by atoms with E-state index in [4.69, 9.17) is 9.52 Å². The third-order valence-corrected chi connectivity index (χ3v) is 2.96. The van der Waals surface area contributed by atoms with Crippen LogP contribution in [0.3, 0.4) is 0 Å². The number of rotatable bonds is 6. The molecule has 1 N–H and O–H groups in total. The van der Waals surface area contributed by atoms with Crippen molar-refractivity contribution in [1.82, 2.24) is 4.90 Å². The van der Waals surface area contributed by atoms with Crippen LogP contribution in [0.2, 0.25) is 0 Å². The van der Waals surface area contributed by atoms with E-state index in [1.165, 1.54) is 18.2 Å². The molecule has 21 heavy (non-hydrogen) atoms. The molecule has 1 heterocycles. The largest absolute Gasteiger partial charge is 0.478 e. The number of hydrogen-bond donors (Lipinski definition) is 1. The maximum Gasteiger partial charge on any atom is 0.328 e. The molecule has 0 saturated heterocycles. The molecular weight excluding hydrogens is 273 g/mol. The molecule has 0 aliphatic rings. The Bertz CT molecular complexity index is 635.